The second-order valence-electron chi connectivity index (χ2n) is 4.34. The minimum Gasteiger partial charge on any atom is -0.289 e. The molecule has 0 unspecified atom stereocenters. The molecule has 3 aromatic rings. The number of aromatic nitrogens is 1. The summed E-state index contributed by atoms with van der Waals surface area (Å²) < 4.78 is 13.2. The van der Waals surface area contributed by atoms with Crippen molar-refractivity contribution in [3.8, 4) is 0 Å². The summed E-state index contributed by atoms with van der Waals surface area (Å²) in [4.78, 5) is 16.7. The van der Waals surface area contributed by atoms with Gasteiger partial charge in [0.05, 0.1) is 10.5 Å². The van der Waals surface area contributed by atoms with Crippen molar-refractivity contribution in [3.05, 3.63) is 76.7 Å². The second kappa shape index (κ2) is 5.02. The Kier molecular flexibility index (Phi) is 3.20. The van der Waals surface area contributed by atoms with E-state index in [0.717, 1.165) is 5.39 Å². The van der Waals surface area contributed by atoms with E-state index < -0.39 is 5.82 Å². The van der Waals surface area contributed by atoms with E-state index in [0.29, 0.717) is 16.6 Å². The first-order valence-corrected chi connectivity index (χ1v) is 6.38. The Morgan fingerprint density at radius 2 is 1.90 bits per heavy atom. The number of nitrogens with zero attached hydrogens (tertiary/aromatic N) is 1. The number of ketones is 1. The van der Waals surface area contributed by atoms with Crippen LogP contribution in [0.25, 0.3) is 10.9 Å². The van der Waals surface area contributed by atoms with Gasteiger partial charge in [0.15, 0.2) is 5.78 Å². The standard InChI is InChI=1S/C16H9ClFNO/c17-13-9-11(6-7-14(13)18)16(20)12-5-1-3-10-4-2-8-19-15(10)12/h1-9H. The van der Waals surface area contributed by atoms with Crippen LogP contribution in [-0.2, 0) is 0 Å². The molecule has 2 aromatic carbocycles. The Labute approximate surface area is 119 Å². The molecule has 4 heteroatoms. The van der Waals surface area contributed by atoms with Gasteiger partial charge < -0.3 is 0 Å². The van der Waals surface area contributed by atoms with Gasteiger partial charge in [-0.1, -0.05) is 29.8 Å². The van der Waals surface area contributed by atoms with E-state index >= 15 is 0 Å². The molecule has 3 rings (SSSR count). The van der Waals surface area contributed by atoms with E-state index in [-0.39, 0.29) is 10.8 Å². The van der Waals surface area contributed by atoms with Crippen molar-refractivity contribution in [1.29, 1.82) is 0 Å². The van der Waals surface area contributed by atoms with E-state index in [1.54, 1.807) is 18.3 Å². The van der Waals surface area contributed by atoms with E-state index in [1.807, 2.05) is 18.2 Å². The van der Waals surface area contributed by atoms with Crippen molar-refractivity contribution in [2.75, 3.05) is 0 Å². The first-order chi connectivity index (χ1) is 9.66. The molecule has 0 saturated heterocycles. The number of carbonyl (C=O) groups excluding carboxylic acids is 1. The molecule has 0 aliphatic carbocycles. The van der Waals surface area contributed by atoms with Crippen LogP contribution in [0, 0.1) is 5.82 Å². The average Bonchev–Trinajstić information content (AvgIpc) is 2.49. The molecule has 1 aromatic heterocycles. The van der Waals surface area contributed by atoms with Crippen molar-refractivity contribution in [3.63, 3.8) is 0 Å². The van der Waals surface area contributed by atoms with Gasteiger partial charge in [-0.3, -0.25) is 9.78 Å². The van der Waals surface area contributed by atoms with Crippen LogP contribution in [0.2, 0.25) is 5.02 Å². The number of para-hydroxylation sites is 1. The number of hydrogen-bond acceptors (Lipinski definition) is 2. The molecular weight excluding hydrogens is 277 g/mol. The monoisotopic (exact) mass is 285 g/mol. The molecular formula is C16H9ClFNO. The van der Waals surface area contributed by atoms with Crippen LogP contribution < -0.4 is 0 Å². The Morgan fingerprint density at radius 3 is 2.70 bits per heavy atom. The summed E-state index contributed by atoms with van der Waals surface area (Å²) in [7, 11) is 0. The van der Waals surface area contributed by atoms with Crippen LogP contribution in [0.1, 0.15) is 15.9 Å². The van der Waals surface area contributed by atoms with Gasteiger partial charge in [0.1, 0.15) is 5.82 Å². The lowest BCUT2D eigenvalue weighted by Gasteiger charge is -2.05. The largest absolute Gasteiger partial charge is 0.289 e. The van der Waals surface area contributed by atoms with Crippen molar-refractivity contribution < 1.29 is 9.18 Å². The number of hydrogen-bond donors (Lipinski definition) is 0. The maximum absolute atomic E-state index is 13.2. The van der Waals surface area contributed by atoms with Gasteiger partial charge in [-0.25, -0.2) is 4.39 Å². The summed E-state index contributed by atoms with van der Waals surface area (Å²) >= 11 is 5.72. The maximum Gasteiger partial charge on any atom is 0.195 e. The Balaban J connectivity index is 2.15. The highest BCUT2D eigenvalue weighted by Gasteiger charge is 2.14. The molecule has 98 valence electrons. The van der Waals surface area contributed by atoms with Gasteiger partial charge in [0.25, 0.3) is 0 Å². The molecule has 0 fully saturated rings. The molecule has 0 radical (unpaired) electrons. The average molecular weight is 286 g/mol. The van der Waals surface area contributed by atoms with Crippen LogP contribution in [0.15, 0.2) is 54.7 Å². The molecule has 0 amide bonds. The van der Waals surface area contributed by atoms with Crippen molar-refractivity contribution in [2.24, 2.45) is 0 Å². The fourth-order valence-corrected chi connectivity index (χ4v) is 2.26. The minimum atomic E-state index is -0.542. The zero-order valence-electron chi connectivity index (χ0n) is 10.3. The van der Waals surface area contributed by atoms with Crippen LogP contribution in [0.4, 0.5) is 4.39 Å². The predicted molar refractivity (Wildman–Crippen MR) is 76.6 cm³/mol. The first kappa shape index (κ1) is 12.8. The number of halogens is 2. The zero-order chi connectivity index (χ0) is 14.1. The SMILES string of the molecule is O=C(c1ccc(F)c(Cl)c1)c1cccc2cccnc12. The fraction of sp³-hybridized carbons (Fsp3) is 0. The molecule has 0 atom stereocenters. The van der Waals surface area contributed by atoms with Crippen molar-refractivity contribution >= 4 is 28.3 Å². The summed E-state index contributed by atoms with van der Waals surface area (Å²) in [5.74, 6) is -0.768. The fourth-order valence-electron chi connectivity index (χ4n) is 2.08. The summed E-state index contributed by atoms with van der Waals surface area (Å²) in [6, 6.07) is 13.0. The van der Waals surface area contributed by atoms with Crippen LogP contribution in [0.5, 0.6) is 0 Å². The predicted octanol–water partition coefficient (Wildman–Crippen LogP) is 4.26. The maximum atomic E-state index is 13.2. The smallest absolute Gasteiger partial charge is 0.195 e. The van der Waals surface area contributed by atoms with Gasteiger partial charge in [0.2, 0.25) is 0 Å². The number of rotatable bonds is 2. The Bertz CT molecular complexity index is 811. The highest BCUT2D eigenvalue weighted by atomic mass is 35.5. The quantitative estimate of drug-likeness (QED) is 0.659. The Hall–Kier alpha value is -2.26. The zero-order valence-corrected chi connectivity index (χ0v) is 11.1. The van der Waals surface area contributed by atoms with Gasteiger partial charge in [0, 0.05) is 22.7 Å². The highest BCUT2D eigenvalue weighted by Crippen LogP contribution is 2.22. The number of fused-ring (bicyclic) bond motifs is 1. The van der Waals surface area contributed by atoms with Gasteiger partial charge in [-0.2, -0.15) is 0 Å². The lowest BCUT2D eigenvalue weighted by atomic mass is 10.0. The summed E-state index contributed by atoms with van der Waals surface area (Å²) in [5.41, 5.74) is 1.45. The molecule has 0 bridgehead atoms. The molecule has 20 heavy (non-hydrogen) atoms. The number of pyridine rings is 1. The molecule has 0 aliphatic rings. The Morgan fingerprint density at radius 1 is 1.10 bits per heavy atom. The number of benzene rings is 2. The molecule has 1 heterocycles. The third-order valence-electron chi connectivity index (χ3n) is 3.06. The highest BCUT2D eigenvalue weighted by molar-refractivity contribution is 6.31. The third-order valence-corrected chi connectivity index (χ3v) is 3.35. The summed E-state index contributed by atoms with van der Waals surface area (Å²) in [5, 5.41) is 0.815. The third kappa shape index (κ3) is 2.17. The first-order valence-electron chi connectivity index (χ1n) is 6.00. The lowest BCUT2D eigenvalue weighted by molar-refractivity contribution is 0.104. The van der Waals surface area contributed by atoms with E-state index in [9.17, 15) is 9.18 Å². The molecule has 0 saturated carbocycles. The van der Waals surface area contributed by atoms with Crippen molar-refractivity contribution in [2.45, 2.75) is 0 Å². The molecule has 0 N–H and O–H groups in total. The van der Waals surface area contributed by atoms with Crippen molar-refractivity contribution in [1.82, 2.24) is 4.98 Å². The normalized spacial score (nSPS) is 10.7. The van der Waals surface area contributed by atoms with Gasteiger partial charge in [-0.05, 0) is 30.3 Å². The topological polar surface area (TPSA) is 30.0 Å². The molecule has 0 spiro atoms. The second-order valence-corrected chi connectivity index (χ2v) is 4.75. The van der Waals surface area contributed by atoms with Gasteiger partial charge in [-0.15, -0.1) is 0 Å². The van der Waals surface area contributed by atoms with Gasteiger partial charge >= 0.3 is 0 Å². The van der Waals surface area contributed by atoms with E-state index in [2.05, 4.69) is 4.98 Å². The molecule has 0 aliphatic heterocycles. The van der Waals surface area contributed by atoms with E-state index in [4.69, 9.17) is 11.6 Å². The minimum absolute atomic E-state index is 0.0657. The van der Waals surface area contributed by atoms with Crippen LogP contribution in [-0.4, -0.2) is 10.8 Å². The number of carbonyl (C=O) groups is 1. The molecule has 2 nitrogen and oxygen atoms in total. The van der Waals surface area contributed by atoms with E-state index in [1.165, 1.54) is 18.2 Å². The van der Waals surface area contributed by atoms with Crippen LogP contribution >= 0.6 is 11.6 Å². The summed E-state index contributed by atoms with van der Waals surface area (Å²) in [6.07, 6.45) is 1.64. The van der Waals surface area contributed by atoms with Crippen LogP contribution in [0.3, 0.4) is 0 Å². The lowest BCUT2D eigenvalue weighted by Crippen LogP contribution is -2.03. The summed E-state index contributed by atoms with van der Waals surface area (Å²) in [6.45, 7) is 0.